The minimum Gasteiger partial charge on any atom is -0.367 e. The molecule has 1 aromatic carbocycles. The average Bonchev–Trinajstić information content (AvgIpc) is 3.63. The molecule has 0 saturated heterocycles. The van der Waals surface area contributed by atoms with Gasteiger partial charge in [0.15, 0.2) is 0 Å². The molecular weight excluding hydrogens is 568 g/mol. The van der Waals surface area contributed by atoms with Crippen LogP contribution in [0.25, 0.3) is 50.6 Å². The third-order valence-corrected chi connectivity index (χ3v) is 8.65. The zero-order valence-electron chi connectivity index (χ0n) is 24.9. The van der Waals surface area contributed by atoms with Gasteiger partial charge < -0.3 is 5.32 Å². The van der Waals surface area contributed by atoms with E-state index in [0.29, 0.717) is 0 Å². The van der Waals surface area contributed by atoms with Crippen LogP contribution in [0, 0.1) is 0 Å². The van der Waals surface area contributed by atoms with Gasteiger partial charge in [-0.05, 0) is 71.8 Å². The van der Waals surface area contributed by atoms with Gasteiger partial charge in [0.1, 0.15) is 22.8 Å². The van der Waals surface area contributed by atoms with Gasteiger partial charge in [0.05, 0.1) is 23.8 Å². The summed E-state index contributed by atoms with van der Waals surface area (Å²) in [6.07, 6.45) is 15.2. The zero-order valence-corrected chi connectivity index (χ0v) is 24.9. The molecule has 0 fully saturated rings. The van der Waals surface area contributed by atoms with Crippen LogP contribution < -0.4 is 5.32 Å². The van der Waals surface area contributed by atoms with E-state index in [1.54, 1.807) is 0 Å². The Morgan fingerprint density at radius 2 is 1.07 bits per heavy atom. The maximum absolute atomic E-state index is 4.83. The quantitative estimate of drug-likeness (QED) is 0.216. The van der Waals surface area contributed by atoms with Crippen LogP contribution in [-0.2, 0) is 12.8 Å². The van der Waals surface area contributed by atoms with Crippen LogP contribution >= 0.6 is 0 Å². The summed E-state index contributed by atoms with van der Waals surface area (Å²) >= 11 is 0. The third-order valence-electron chi connectivity index (χ3n) is 8.65. The minimum atomic E-state index is 0.754. The van der Waals surface area contributed by atoms with Crippen LogP contribution in [0.5, 0.6) is 0 Å². The standard InChI is InChI=1S/C38H28N8/c1-5-31-32-6-2-18-40-36(32)45(35(31)39-17-1)29-15-13-27(43-23-29)21-25-9-11-26(12-10-25)22-28-14-16-30(24-44-28)46-37-33(7-3-19-41-37)34-8-4-20-42-38(34)46/h1-19,23-24,42H,20-22H2. The monoisotopic (exact) mass is 596 g/mol. The Morgan fingerprint density at radius 1 is 0.543 bits per heavy atom. The van der Waals surface area contributed by atoms with Gasteiger partial charge >= 0.3 is 0 Å². The molecule has 0 bridgehead atoms. The third kappa shape index (κ3) is 4.42. The van der Waals surface area contributed by atoms with Crippen LogP contribution in [0.4, 0.5) is 5.82 Å². The summed E-state index contributed by atoms with van der Waals surface area (Å²) in [5.74, 6) is 1.06. The highest BCUT2D eigenvalue weighted by Crippen LogP contribution is 2.35. The summed E-state index contributed by atoms with van der Waals surface area (Å²) in [7, 11) is 0. The molecular formula is C38H28N8. The van der Waals surface area contributed by atoms with Gasteiger partial charge in [-0.15, -0.1) is 0 Å². The van der Waals surface area contributed by atoms with Gasteiger partial charge in [-0.2, -0.15) is 0 Å². The molecule has 8 nitrogen and oxygen atoms in total. The van der Waals surface area contributed by atoms with E-state index in [9.17, 15) is 0 Å². The molecule has 0 aliphatic carbocycles. The summed E-state index contributed by atoms with van der Waals surface area (Å²) in [5.41, 5.74) is 10.3. The molecule has 0 atom stereocenters. The van der Waals surface area contributed by atoms with E-state index >= 15 is 0 Å². The number of hydrogen-bond acceptors (Lipinski definition) is 6. The summed E-state index contributed by atoms with van der Waals surface area (Å²) in [5, 5.41) is 6.82. The maximum atomic E-state index is 4.83. The normalized spacial score (nSPS) is 12.5. The number of fused-ring (bicyclic) bond motifs is 6. The number of anilines is 1. The fourth-order valence-electron chi connectivity index (χ4n) is 6.48. The van der Waals surface area contributed by atoms with Crippen molar-refractivity contribution in [1.82, 2.24) is 34.1 Å². The summed E-state index contributed by atoms with van der Waals surface area (Å²) in [6.45, 7) is 0.796. The van der Waals surface area contributed by atoms with E-state index in [2.05, 4.69) is 108 Å². The van der Waals surface area contributed by atoms with Gasteiger partial charge in [0.25, 0.3) is 0 Å². The maximum Gasteiger partial charge on any atom is 0.146 e. The van der Waals surface area contributed by atoms with Crippen molar-refractivity contribution >= 4 is 45.0 Å². The number of pyridine rings is 5. The van der Waals surface area contributed by atoms with Gasteiger partial charge in [-0.3, -0.25) is 19.1 Å². The number of aromatic nitrogens is 7. The molecule has 0 saturated carbocycles. The summed E-state index contributed by atoms with van der Waals surface area (Å²) in [6, 6.07) is 29.4. The van der Waals surface area contributed by atoms with E-state index in [1.165, 1.54) is 16.7 Å². The number of rotatable bonds is 6. The molecule has 0 unspecified atom stereocenters. The van der Waals surface area contributed by atoms with Crippen molar-refractivity contribution in [2.45, 2.75) is 12.8 Å². The average molecular weight is 597 g/mol. The lowest BCUT2D eigenvalue weighted by Crippen LogP contribution is -2.09. The number of nitrogens with one attached hydrogen (secondary N) is 1. The molecule has 0 radical (unpaired) electrons. The Morgan fingerprint density at radius 3 is 1.61 bits per heavy atom. The van der Waals surface area contributed by atoms with Crippen LogP contribution in [0.3, 0.4) is 0 Å². The lowest BCUT2D eigenvalue weighted by atomic mass is 10.0. The molecule has 0 amide bonds. The zero-order chi connectivity index (χ0) is 30.5. The summed E-state index contributed by atoms with van der Waals surface area (Å²) in [4.78, 5) is 23.6. The first-order valence-corrected chi connectivity index (χ1v) is 15.4. The molecule has 1 aliphatic heterocycles. The van der Waals surface area contributed by atoms with Gasteiger partial charge in [0, 0.05) is 71.1 Å². The van der Waals surface area contributed by atoms with Crippen molar-refractivity contribution in [2.24, 2.45) is 0 Å². The van der Waals surface area contributed by atoms with Gasteiger partial charge in [0.2, 0.25) is 0 Å². The molecule has 8 heterocycles. The van der Waals surface area contributed by atoms with E-state index in [0.717, 1.165) is 81.1 Å². The Bertz CT molecular complexity index is 2350. The highest BCUT2D eigenvalue weighted by atomic mass is 15.2. The largest absolute Gasteiger partial charge is 0.367 e. The molecule has 1 N–H and O–H groups in total. The molecule has 8 aromatic rings. The molecule has 9 rings (SSSR count). The van der Waals surface area contributed by atoms with Crippen LogP contribution in [0.2, 0.25) is 0 Å². The van der Waals surface area contributed by atoms with Crippen LogP contribution in [0.1, 0.15) is 28.1 Å². The van der Waals surface area contributed by atoms with Crippen LogP contribution in [0.15, 0.2) is 122 Å². The van der Waals surface area contributed by atoms with Crippen molar-refractivity contribution in [2.75, 3.05) is 11.9 Å². The van der Waals surface area contributed by atoms with Crippen molar-refractivity contribution in [3.63, 3.8) is 0 Å². The van der Waals surface area contributed by atoms with E-state index in [1.807, 2.05) is 49.2 Å². The first kappa shape index (κ1) is 26.3. The predicted molar refractivity (Wildman–Crippen MR) is 183 cm³/mol. The second-order valence-electron chi connectivity index (χ2n) is 11.5. The van der Waals surface area contributed by atoms with E-state index < -0.39 is 0 Å². The second kappa shape index (κ2) is 10.8. The highest BCUT2D eigenvalue weighted by molar-refractivity contribution is 6.06. The van der Waals surface area contributed by atoms with Crippen molar-refractivity contribution in [3.05, 3.63) is 150 Å². The fourth-order valence-corrected chi connectivity index (χ4v) is 6.48. The molecule has 7 aromatic heterocycles. The van der Waals surface area contributed by atoms with E-state index in [4.69, 9.17) is 9.97 Å². The topological polar surface area (TPSA) is 86.3 Å². The van der Waals surface area contributed by atoms with Gasteiger partial charge in [-0.25, -0.2) is 15.0 Å². The Kier molecular flexibility index (Phi) is 6.16. The molecule has 46 heavy (non-hydrogen) atoms. The second-order valence-corrected chi connectivity index (χ2v) is 11.5. The molecule has 0 spiro atoms. The van der Waals surface area contributed by atoms with Crippen molar-refractivity contribution < 1.29 is 0 Å². The van der Waals surface area contributed by atoms with Crippen molar-refractivity contribution in [3.8, 4) is 11.4 Å². The number of benzene rings is 1. The molecule has 8 heteroatoms. The summed E-state index contributed by atoms with van der Waals surface area (Å²) < 4.78 is 4.24. The Hall–Kier alpha value is -6.15. The van der Waals surface area contributed by atoms with Gasteiger partial charge in [-0.1, -0.05) is 36.4 Å². The highest BCUT2D eigenvalue weighted by Gasteiger charge is 2.19. The van der Waals surface area contributed by atoms with Crippen molar-refractivity contribution in [1.29, 1.82) is 0 Å². The lowest BCUT2D eigenvalue weighted by molar-refractivity contribution is 1.01. The predicted octanol–water partition coefficient (Wildman–Crippen LogP) is 7.32. The van der Waals surface area contributed by atoms with Crippen LogP contribution in [-0.4, -0.2) is 40.6 Å². The number of nitrogens with zero attached hydrogens (tertiary/aromatic N) is 7. The van der Waals surface area contributed by atoms with E-state index in [-0.39, 0.29) is 0 Å². The Balaban J connectivity index is 0.914. The number of hydrogen-bond donors (Lipinski definition) is 1. The minimum absolute atomic E-state index is 0.754. The molecule has 220 valence electrons. The molecule has 1 aliphatic rings. The smallest absolute Gasteiger partial charge is 0.146 e. The lowest BCUT2D eigenvalue weighted by Gasteiger charge is -2.14. The fraction of sp³-hybridized carbons (Fsp3) is 0.0789. The first-order valence-electron chi connectivity index (χ1n) is 15.4. The Labute approximate surface area is 264 Å². The first-order chi connectivity index (χ1) is 22.8. The SMILES string of the molecule is C1=Cc2c(n(-c3ccc(Cc4ccc(Cc5ccc(-n6c7ncccc7c7cccnc76)cn5)cc4)nc3)c3ncccc23)NC1.